The summed E-state index contributed by atoms with van der Waals surface area (Å²) in [7, 11) is 0. The predicted octanol–water partition coefficient (Wildman–Crippen LogP) is 3.96. The number of aromatic amines is 1. The van der Waals surface area contributed by atoms with Crippen molar-refractivity contribution in [3.63, 3.8) is 0 Å². The quantitative estimate of drug-likeness (QED) is 0.629. The van der Waals surface area contributed by atoms with Crippen LogP contribution in [0.1, 0.15) is 5.82 Å². The Hall–Kier alpha value is -1.76. The summed E-state index contributed by atoms with van der Waals surface area (Å²) >= 11 is 4.66. The molecule has 0 spiro atoms. The van der Waals surface area contributed by atoms with Crippen LogP contribution in [0.2, 0.25) is 0 Å². The fourth-order valence-corrected chi connectivity index (χ4v) is 1.61. The van der Waals surface area contributed by atoms with Gasteiger partial charge in [0.25, 0.3) is 0 Å². The molecule has 1 aromatic heterocycles. The van der Waals surface area contributed by atoms with Gasteiger partial charge < -0.3 is 4.98 Å². The van der Waals surface area contributed by atoms with Gasteiger partial charge in [0.05, 0.1) is 5.69 Å². The lowest BCUT2D eigenvalue weighted by molar-refractivity contribution is -0.144. The Labute approximate surface area is 104 Å². The van der Waals surface area contributed by atoms with Gasteiger partial charge in [0.2, 0.25) is 5.82 Å². The van der Waals surface area contributed by atoms with Crippen LogP contribution in [0.25, 0.3) is 11.3 Å². The van der Waals surface area contributed by atoms with E-state index in [-0.39, 0.29) is 15.9 Å². The second-order valence-corrected chi connectivity index (χ2v) is 3.91. The SMILES string of the molecule is Fc1cccc(-c2cc(=S)nc(C(F)(F)F)[nH]2)c1. The summed E-state index contributed by atoms with van der Waals surface area (Å²) in [6.45, 7) is 0. The molecule has 0 aliphatic heterocycles. The van der Waals surface area contributed by atoms with Gasteiger partial charge in [0, 0.05) is 5.56 Å². The third-order valence-electron chi connectivity index (χ3n) is 2.15. The van der Waals surface area contributed by atoms with Crippen LogP contribution in [0, 0.1) is 10.5 Å². The van der Waals surface area contributed by atoms with Gasteiger partial charge >= 0.3 is 6.18 Å². The van der Waals surface area contributed by atoms with Gasteiger partial charge in [-0.15, -0.1) is 0 Å². The average Bonchev–Trinajstić information content (AvgIpc) is 2.27. The van der Waals surface area contributed by atoms with Gasteiger partial charge in [-0.3, -0.25) is 0 Å². The minimum atomic E-state index is -4.63. The number of rotatable bonds is 1. The molecule has 0 amide bonds. The largest absolute Gasteiger partial charge is 0.449 e. The molecule has 2 rings (SSSR count). The average molecular weight is 274 g/mol. The van der Waals surface area contributed by atoms with Crippen molar-refractivity contribution >= 4 is 12.2 Å². The monoisotopic (exact) mass is 274 g/mol. The van der Waals surface area contributed by atoms with E-state index in [0.29, 0.717) is 0 Å². The summed E-state index contributed by atoms with van der Waals surface area (Å²) in [6, 6.07) is 6.43. The van der Waals surface area contributed by atoms with E-state index in [4.69, 9.17) is 0 Å². The minimum absolute atomic E-state index is 0.0711. The number of benzene rings is 1. The third-order valence-corrected chi connectivity index (χ3v) is 2.36. The van der Waals surface area contributed by atoms with Crippen molar-refractivity contribution in [1.82, 2.24) is 9.97 Å². The Morgan fingerprint density at radius 3 is 2.50 bits per heavy atom. The molecular formula is C11H6F4N2S. The Bertz CT molecular complexity index is 633. The predicted molar refractivity (Wildman–Crippen MR) is 59.8 cm³/mol. The molecule has 0 atom stereocenters. The molecule has 0 aliphatic carbocycles. The van der Waals surface area contributed by atoms with E-state index in [2.05, 4.69) is 22.2 Å². The molecule has 0 bridgehead atoms. The normalized spacial score (nSPS) is 11.6. The smallest absolute Gasteiger partial charge is 0.335 e. The highest BCUT2D eigenvalue weighted by Crippen LogP contribution is 2.28. The van der Waals surface area contributed by atoms with E-state index in [1.54, 1.807) is 0 Å². The van der Waals surface area contributed by atoms with Gasteiger partial charge in [-0.2, -0.15) is 13.2 Å². The highest BCUT2D eigenvalue weighted by atomic mass is 32.1. The van der Waals surface area contributed by atoms with Gasteiger partial charge in [-0.25, -0.2) is 9.37 Å². The Morgan fingerprint density at radius 1 is 1.17 bits per heavy atom. The van der Waals surface area contributed by atoms with Crippen LogP contribution in [0.15, 0.2) is 30.3 Å². The van der Waals surface area contributed by atoms with Crippen molar-refractivity contribution in [3.05, 3.63) is 46.6 Å². The third kappa shape index (κ3) is 2.73. The van der Waals surface area contributed by atoms with Crippen LogP contribution in [-0.4, -0.2) is 9.97 Å². The van der Waals surface area contributed by atoms with E-state index >= 15 is 0 Å². The standard InChI is InChI=1S/C11H6F4N2S/c12-7-3-1-2-6(4-7)8-5-9(18)17-10(16-8)11(13,14)15/h1-5H,(H,16,17,18). The molecule has 1 N–H and O–H groups in total. The number of nitrogens with one attached hydrogen (secondary N) is 1. The van der Waals surface area contributed by atoms with Gasteiger partial charge in [-0.1, -0.05) is 24.4 Å². The molecule has 94 valence electrons. The number of hydrogen-bond acceptors (Lipinski definition) is 2. The van der Waals surface area contributed by atoms with E-state index < -0.39 is 17.8 Å². The molecule has 7 heteroatoms. The molecule has 0 aliphatic rings. The fourth-order valence-electron chi connectivity index (χ4n) is 1.40. The topological polar surface area (TPSA) is 28.7 Å². The highest BCUT2D eigenvalue weighted by Gasteiger charge is 2.34. The zero-order chi connectivity index (χ0) is 13.3. The van der Waals surface area contributed by atoms with Crippen LogP contribution < -0.4 is 0 Å². The van der Waals surface area contributed by atoms with Crippen LogP contribution in [0.3, 0.4) is 0 Å². The number of nitrogens with zero attached hydrogens (tertiary/aromatic N) is 1. The van der Waals surface area contributed by atoms with Crippen molar-refractivity contribution in [3.8, 4) is 11.3 Å². The molecule has 0 saturated carbocycles. The second-order valence-electron chi connectivity index (χ2n) is 3.49. The molecule has 0 fully saturated rings. The number of aromatic nitrogens is 2. The number of H-pyrrole nitrogens is 1. The highest BCUT2D eigenvalue weighted by molar-refractivity contribution is 7.71. The van der Waals surface area contributed by atoms with Gasteiger partial charge in [-0.05, 0) is 18.2 Å². The van der Waals surface area contributed by atoms with Crippen LogP contribution in [0.4, 0.5) is 17.6 Å². The summed E-state index contributed by atoms with van der Waals surface area (Å²) in [5.41, 5.74) is 0.343. The Kier molecular flexibility index (Phi) is 3.16. The molecule has 0 unspecified atom stereocenters. The number of hydrogen-bond donors (Lipinski definition) is 1. The van der Waals surface area contributed by atoms with Crippen molar-refractivity contribution in [2.24, 2.45) is 0 Å². The zero-order valence-corrected chi connectivity index (χ0v) is 9.57. The van der Waals surface area contributed by atoms with Crippen molar-refractivity contribution in [2.75, 3.05) is 0 Å². The first-order chi connectivity index (χ1) is 8.36. The first-order valence-corrected chi connectivity index (χ1v) is 5.21. The van der Waals surface area contributed by atoms with Gasteiger partial charge in [0.15, 0.2) is 0 Å². The lowest BCUT2D eigenvalue weighted by Crippen LogP contribution is -2.11. The van der Waals surface area contributed by atoms with Crippen LogP contribution >= 0.6 is 12.2 Å². The summed E-state index contributed by atoms with van der Waals surface area (Å²) in [5, 5.41) is 0. The maximum Gasteiger partial charge on any atom is 0.449 e. The van der Waals surface area contributed by atoms with E-state index in [0.717, 1.165) is 6.07 Å². The first-order valence-electron chi connectivity index (χ1n) is 4.81. The summed E-state index contributed by atoms with van der Waals surface area (Å²) < 4.78 is 50.4. The van der Waals surface area contributed by atoms with E-state index in [1.807, 2.05) is 0 Å². The van der Waals surface area contributed by atoms with Crippen molar-refractivity contribution < 1.29 is 17.6 Å². The van der Waals surface area contributed by atoms with Gasteiger partial charge in [0.1, 0.15) is 10.5 Å². The summed E-state index contributed by atoms with van der Waals surface area (Å²) in [6.07, 6.45) is -4.63. The number of alkyl halides is 3. The zero-order valence-electron chi connectivity index (χ0n) is 8.75. The summed E-state index contributed by atoms with van der Waals surface area (Å²) in [4.78, 5) is 5.29. The Morgan fingerprint density at radius 2 is 1.89 bits per heavy atom. The molecule has 1 heterocycles. The lowest BCUT2D eigenvalue weighted by atomic mass is 10.1. The molecular weight excluding hydrogens is 268 g/mol. The van der Waals surface area contributed by atoms with Crippen molar-refractivity contribution in [2.45, 2.75) is 6.18 Å². The molecule has 2 aromatic rings. The lowest BCUT2D eigenvalue weighted by Gasteiger charge is -2.08. The minimum Gasteiger partial charge on any atom is -0.335 e. The number of halogens is 4. The van der Waals surface area contributed by atoms with E-state index in [9.17, 15) is 17.6 Å². The Balaban J connectivity index is 2.59. The molecule has 1 aromatic carbocycles. The molecule has 18 heavy (non-hydrogen) atoms. The molecule has 0 radical (unpaired) electrons. The van der Waals surface area contributed by atoms with Crippen molar-refractivity contribution in [1.29, 1.82) is 0 Å². The molecule has 2 nitrogen and oxygen atoms in total. The van der Waals surface area contributed by atoms with E-state index in [1.165, 1.54) is 24.3 Å². The fraction of sp³-hybridized carbons (Fsp3) is 0.0909. The van der Waals surface area contributed by atoms with Crippen LogP contribution in [-0.2, 0) is 6.18 Å². The van der Waals surface area contributed by atoms with Crippen LogP contribution in [0.5, 0.6) is 0 Å². The maximum absolute atomic E-state index is 13.0. The first kappa shape index (κ1) is 12.7. The molecule has 0 saturated heterocycles. The summed E-state index contributed by atoms with van der Waals surface area (Å²) in [5.74, 6) is -1.74. The second kappa shape index (κ2) is 4.49. The maximum atomic E-state index is 13.0.